The second-order valence-electron chi connectivity index (χ2n) is 6.90. The number of hydrogen-bond acceptors (Lipinski definition) is 6. The van der Waals surface area contributed by atoms with Gasteiger partial charge in [-0.15, -0.1) is 5.10 Å². The van der Waals surface area contributed by atoms with E-state index in [1.54, 1.807) is 14.2 Å². The SMILES string of the molecule is CCc1ccc([C@@H]2C(C#N)=C(N)Oc3n[nH]c(-c4cc(OC)ccc4OC)c32)cc1. The number of hydrogen-bond donors (Lipinski definition) is 2. The summed E-state index contributed by atoms with van der Waals surface area (Å²) in [4.78, 5) is 0. The van der Waals surface area contributed by atoms with Gasteiger partial charge < -0.3 is 19.9 Å². The molecule has 3 aromatic rings. The predicted molar refractivity (Wildman–Crippen MR) is 112 cm³/mol. The first kappa shape index (κ1) is 19.4. The number of aryl methyl sites for hydroxylation is 1. The number of fused-ring (bicyclic) bond motifs is 1. The molecule has 0 amide bonds. The first-order valence-electron chi connectivity index (χ1n) is 9.58. The van der Waals surface area contributed by atoms with E-state index in [0.717, 1.165) is 23.1 Å². The first-order chi connectivity index (χ1) is 14.6. The Bertz CT molecular complexity index is 1160. The van der Waals surface area contributed by atoms with E-state index in [-0.39, 0.29) is 5.88 Å². The zero-order valence-electron chi connectivity index (χ0n) is 17.0. The highest BCUT2D eigenvalue weighted by Gasteiger charge is 2.36. The van der Waals surface area contributed by atoms with Gasteiger partial charge in [-0.25, -0.2) is 0 Å². The van der Waals surface area contributed by atoms with Crippen molar-refractivity contribution in [2.24, 2.45) is 5.73 Å². The molecular formula is C23H22N4O3. The highest BCUT2D eigenvalue weighted by atomic mass is 16.5. The van der Waals surface area contributed by atoms with Crippen molar-refractivity contribution in [3.05, 3.63) is 70.6 Å². The number of rotatable bonds is 5. The maximum atomic E-state index is 9.86. The number of benzene rings is 2. The van der Waals surface area contributed by atoms with E-state index in [9.17, 15) is 5.26 Å². The van der Waals surface area contributed by atoms with Gasteiger partial charge in [0.1, 0.15) is 23.1 Å². The van der Waals surface area contributed by atoms with Crippen molar-refractivity contribution in [2.75, 3.05) is 14.2 Å². The highest BCUT2D eigenvalue weighted by Crippen LogP contribution is 2.47. The quantitative estimate of drug-likeness (QED) is 0.671. The fourth-order valence-corrected chi connectivity index (χ4v) is 3.74. The number of nitrogens with zero attached hydrogens (tertiary/aromatic N) is 2. The standard InChI is InChI=1S/C23H22N4O3/c1-4-13-5-7-14(8-6-13)19-17(12-24)22(25)30-23-20(19)21(26-27-23)16-11-15(28-2)9-10-18(16)29-3/h5-11,19H,4,25H2,1-3H3,(H,26,27)/t19-/m1/s1. The molecule has 0 bridgehead atoms. The summed E-state index contributed by atoms with van der Waals surface area (Å²) in [5.41, 5.74) is 10.7. The van der Waals surface area contributed by atoms with Crippen molar-refractivity contribution in [3.63, 3.8) is 0 Å². The highest BCUT2D eigenvalue weighted by molar-refractivity contribution is 5.76. The van der Waals surface area contributed by atoms with E-state index < -0.39 is 5.92 Å². The molecule has 2 heterocycles. The van der Waals surface area contributed by atoms with Crippen molar-refractivity contribution >= 4 is 0 Å². The van der Waals surface area contributed by atoms with Gasteiger partial charge in [-0.3, -0.25) is 5.10 Å². The molecule has 0 unspecified atom stereocenters. The minimum Gasteiger partial charge on any atom is -0.497 e. The number of H-pyrrole nitrogens is 1. The lowest BCUT2D eigenvalue weighted by molar-refractivity contribution is 0.379. The number of nitriles is 1. The molecule has 0 radical (unpaired) electrons. The van der Waals surface area contributed by atoms with Gasteiger partial charge in [0.2, 0.25) is 11.8 Å². The molecule has 3 N–H and O–H groups in total. The van der Waals surface area contributed by atoms with Crippen LogP contribution in [0.25, 0.3) is 11.3 Å². The van der Waals surface area contributed by atoms with Crippen LogP contribution in [-0.2, 0) is 6.42 Å². The number of nitrogens with one attached hydrogen (secondary N) is 1. The van der Waals surface area contributed by atoms with Gasteiger partial charge >= 0.3 is 0 Å². The van der Waals surface area contributed by atoms with Crippen LogP contribution >= 0.6 is 0 Å². The Morgan fingerprint density at radius 2 is 1.93 bits per heavy atom. The molecule has 152 valence electrons. The summed E-state index contributed by atoms with van der Waals surface area (Å²) in [5, 5.41) is 17.2. The summed E-state index contributed by atoms with van der Waals surface area (Å²) in [6.45, 7) is 2.10. The molecule has 1 aliphatic rings. The zero-order chi connectivity index (χ0) is 21.3. The molecular weight excluding hydrogens is 380 g/mol. The molecule has 1 atom stereocenters. The third kappa shape index (κ3) is 3.12. The maximum Gasteiger partial charge on any atom is 0.244 e. The Balaban J connectivity index is 1.95. The van der Waals surface area contributed by atoms with E-state index >= 15 is 0 Å². The third-order valence-corrected chi connectivity index (χ3v) is 5.34. The van der Waals surface area contributed by atoms with Crippen LogP contribution in [0.15, 0.2) is 53.9 Å². The number of methoxy groups -OCH3 is 2. The van der Waals surface area contributed by atoms with Gasteiger partial charge in [0.15, 0.2) is 0 Å². The number of allylic oxidation sites excluding steroid dienone is 1. The van der Waals surface area contributed by atoms with Crippen molar-refractivity contribution < 1.29 is 14.2 Å². The molecule has 7 nitrogen and oxygen atoms in total. The third-order valence-electron chi connectivity index (χ3n) is 5.34. The summed E-state index contributed by atoms with van der Waals surface area (Å²) in [5.74, 6) is 1.30. The summed E-state index contributed by atoms with van der Waals surface area (Å²) in [7, 11) is 3.20. The minimum atomic E-state index is -0.422. The van der Waals surface area contributed by atoms with E-state index in [0.29, 0.717) is 28.6 Å². The van der Waals surface area contributed by atoms with Crippen LogP contribution in [-0.4, -0.2) is 24.4 Å². The fraction of sp³-hybridized carbons (Fsp3) is 0.217. The van der Waals surface area contributed by atoms with Crippen molar-refractivity contribution in [1.82, 2.24) is 10.2 Å². The average Bonchev–Trinajstić information content (AvgIpc) is 3.20. The van der Waals surface area contributed by atoms with Gasteiger partial charge in [-0.1, -0.05) is 31.2 Å². The Hall–Kier alpha value is -3.92. The lowest BCUT2D eigenvalue weighted by atomic mass is 9.82. The summed E-state index contributed by atoms with van der Waals surface area (Å²) >= 11 is 0. The Kier molecular flexibility index (Phi) is 5.07. The van der Waals surface area contributed by atoms with Gasteiger partial charge in [-0.05, 0) is 35.7 Å². The average molecular weight is 402 g/mol. The number of ether oxygens (including phenoxy) is 3. The fourth-order valence-electron chi connectivity index (χ4n) is 3.74. The smallest absolute Gasteiger partial charge is 0.244 e. The lowest BCUT2D eigenvalue weighted by Gasteiger charge is -2.24. The number of aromatic nitrogens is 2. The van der Waals surface area contributed by atoms with Crippen LogP contribution < -0.4 is 19.9 Å². The molecule has 30 heavy (non-hydrogen) atoms. The Morgan fingerprint density at radius 1 is 1.17 bits per heavy atom. The number of aromatic amines is 1. The molecule has 0 aliphatic carbocycles. The van der Waals surface area contributed by atoms with Crippen LogP contribution in [0.1, 0.15) is 29.5 Å². The van der Waals surface area contributed by atoms with Gasteiger partial charge in [0.05, 0.1) is 31.4 Å². The second kappa shape index (κ2) is 7.84. The van der Waals surface area contributed by atoms with Crippen LogP contribution in [0.4, 0.5) is 0 Å². The van der Waals surface area contributed by atoms with Crippen LogP contribution in [0.3, 0.4) is 0 Å². The van der Waals surface area contributed by atoms with Gasteiger partial charge in [0, 0.05) is 5.56 Å². The summed E-state index contributed by atoms with van der Waals surface area (Å²) < 4.78 is 16.6. The topological polar surface area (TPSA) is 106 Å². The zero-order valence-corrected chi connectivity index (χ0v) is 17.0. The van der Waals surface area contributed by atoms with Crippen molar-refractivity contribution in [3.8, 4) is 34.7 Å². The van der Waals surface area contributed by atoms with Crippen LogP contribution in [0.5, 0.6) is 17.4 Å². The molecule has 1 aliphatic heterocycles. The molecule has 0 saturated carbocycles. The van der Waals surface area contributed by atoms with E-state index in [1.807, 2.05) is 30.3 Å². The molecule has 0 saturated heterocycles. The molecule has 0 spiro atoms. The molecule has 7 heteroatoms. The minimum absolute atomic E-state index is 0.0604. The first-order valence-corrected chi connectivity index (χ1v) is 9.58. The Labute approximate surface area is 174 Å². The Morgan fingerprint density at radius 3 is 2.57 bits per heavy atom. The van der Waals surface area contributed by atoms with E-state index in [2.05, 4.69) is 35.3 Å². The lowest BCUT2D eigenvalue weighted by Crippen LogP contribution is -2.21. The van der Waals surface area contributed by atoms with Gasteiger partial charge in [0.25, 0.3) is 0 Å². The second-order valence-corrected chi connectivity index (χ2v) is 6.90. The van der Waals surface area contributed by atoms with Crippen LogP contribution in [0, 0.1) is 11.3 Å². The molecule has 2 aromatic carbocycles. The maximum absolute atomic E-state index is 9.86. The van der Waals surface area contributed by atoms with Crippen molar-refractivity contribution in [1.29, 1.82) is 5.26 Å². The van der Waals surface area contributed by atoms with Crippen molar-refractivity contribution in [2.45, 2.75) is 19.3 Å². The van der Waals surface area contributed by atoms with E-state index in [1.165, 1.54) is 5.56 Å². The van der Waals surface area contributed by atoms with Gasteiger partial charge in [-0.2, -0.15) is 5.26 Å². The molecule has 0 fully saturated rings. The molecule has 1 aromatic heterocycles. The summed E-state index contributed by atoms with van der Waals surface area (Å²) in [6.07, 6.45) is 0.931. The normalized spacial score (nSPS) is 15.2. The number of nitrogens with two attached hydrogens (primary N) is 1. The monoisotopic (exact) mass is 402 g/mol. The molecule has 4 rings (SSSR count). The summed E-state index contributed by atoms with van der Waals surface area (Å²) in [6, 6.07) is 15.9. The largest absolute Gasteiger partial charge is 0.497 e. The predicted octanol–water partition coefficient (Wildman–Crippen LogP) is 3.87. The van der Waals surface area contributed by atoms with E-state index in [4.69, 9.17) is 19.9 Å². The van der Waals surface area contributed by atoms with Crippen LogP contribution in [0.2, 0.25) is 0 Å².